The third kappa shape index (κ3) is 15.6. The molecule has 8 saturated carbocycles. The fourth-order valence-corrected chi connectivity index (χ4v) is 29.8. The first-order chi connectivity index (χ1) is 55.4. The first-order valence-electron chi connectivity index (χ1n) is 41.8. The molecule has 0 bridgehead atoms. The summed E-state index contributed by atoms with van der Waals surface area (Å²) in [4.78, 5) is 82.6. The molecular formula is C87H121BrN2O24S4. The number of aliphatic hydroxyl groups excluding tert-OH is 1. The molecule has 8 saturated heterocycles. The van der Waals surface area contributed by atoms with E-state index in [1.54, 1.807) is 0 Å². The Morgan fingerprint density at radius 2 is 0.703 bits per heavy atom. The summed E-state index contributed by atoms with van der Waals surface area (Å²) < 4.78 is 113. The van der Waals surface area contributed by atoms with Crippen molar-refractivity contribution in [2.75, 3.05) is 52.9 Å². The van der Waals surface area contributed by atoms with E-state index in [1.807, 2.05) is 25.2 Å². The molecule has 16 rings (SSSR count). The highest BCUT2D eigenvalue weighted by Gasteiger charge is 2.70. The zero-order valence-corrected chi connectivity index (χ0v) is 75.2. The van der Waals surface area contributed by atoms with Crippen LogP contribution in [0.4, 0.5) is 0 Å². The lowest BCUT2D eigenvalue weighted by Crippen LogP contribution is -2.65. The number of amides is 3. The van der Waals surface area contributed by atoms with Crippen LogP contribution in [-0.2, 0) is 131 Å². The van der Waals surface area contributed by atoms with Crippen LogP contribution in [-0.4, -0.2) is 168 Å². The van der Waals surface area contributed by atoms with Gasteiger partial charge in [0.05, 0.1) is 82.0 Å². The van der Waals surface area contributed by atoms with Crippen molar-refractivity contribution in [1.29, 1.82) is 0 Å². The van der Waals surface area contributed by atoms with Gasteiger partial charge in [-0.1, -0.05) is 144 Å². The second-order valence-corrected chi connectivity index (χ2v) is 43.3. The van der Waals surface area contributed by atoms with Gasteiger partial charge in [-0.05, 0) is 225 Å². The molecule has 118 heavy (non-hydrogen) atoms. The lowest BCUT2D eigenvalue weighted by molar-refractivity contribution is -0.202. The monoisotopic (exact) mass is 1780 g/mol. The van der Waals surface area contributed by atoms with Gasteiger partial charge in [0.15, 0.2) is 0 Å². The Kier molecular flexibility index (Phi) is 26.1. The molecule has 0 aromatic carbocycles. The van der Waals surface area contributed by atoms with Crippen molar-refractivity contribution in [3.63, 3.8) is 0 Å². The summed E-state index contributed by atoms with van der Waals surface area (Å²) in [5, 5.41) is 12.7. The highest BCUT2D eigenvalue weighted by Crippen LogP contribution is 2.71. The van der Waals surface area contributed by atoms with E-state index in [0.29, 0.717) is 112 Å². The third-order valence-electron chi connectivity index (χ3n) is 33.7. The van der Waals surface area contributed by atoms with Gasteiger partial charge >= 0.3 is 69.3 Å². The second kappa shape index (κ2) is 33.9. The molecule has 654 valence electrons. The zero-order valence-electron chi connectivity index (χ0n) is 70.4. The number of esters is 4. The van der Waals surface area contributed by atoms with Crippen molar-refractivity contribution in [1.82, 2.24) is 10.2 Å². The Labute approximate surface area is 713 Å². The van der Waals surface area contributed by atoms with Crippen LogP contribution in [0.25, 0.3) is 0 Å². The van der Waals surface area contributed by atoms with E-state index in [-0.39, 0.29) is 104 Å². The van der Waals surface area contributed by atoms with Crippen LogP contribution < -0.4 is 5.32 Å². The fourth-order valence-electron chi connectivity index (χ4n) is 25.4. The molecule has 0 radical (unpaired) electrons. The van der Waals surface area contributed by atoms with E-state index >= 15 is 0 Å². The molecule has 16 aliphatic rings. The van der Waals surface area contributed by atoms with Gasteiger partial charge in [0.2, 0.25) is 19.2 Å². The lowest BCUT2D eigenvalue weighted by Gasteiger charge is -2.64. The van der Waals surface area contributed by atoms with Gasteiger partial charge in [-0.25, -0.2) is 19.2 Å². The molecule has 2 N–H and O–H groups in total. The minimum atomic E-state index is -1.73. The van der Waals surface area contributed by atoms with Crippen LogP contribution in [0.15, 0.2) is 95.2 Å². The maximum Gasteiger partial charge on any atom is 0.336 e. The third-order valence-corrected chi connectivity index (χ3v) is 37.7. The summed E-state index contributed by atoms with van der Waals surface area (Å²) in [6, 6.07) is -1.09. The number of nitrogens with zero attached hydrogens (tertiary/aromatic N) is 1. The Bertz CT molecular complexity index is 4190. The number of halogens is 1. The summed E-state index contributed by atoms with van der Waals surface area (Å²) >= 11 is -3.23. The van der Waals surface area contributed by atoms with Gasteiger partial charge in [-0.2, -0.15) is 16.8 Å². The van der Waals surface area contributed by atoms with E-state index < -0.39 is 98.0 Å². The van der Waals surface area contributed by atoms with Crippen LogP contribution in [0.2, 0.25) is 0 Å². The molecule has 26 nitrogen and oxygen atoms in total. The van der Waals surface area contributed by atoms with Crippen molar-refractivity contribution in [3.05, 3.63) is 95.2 Å². The number of allylic oxidation sites excluding steroid dienone is 8. The van der Waals surface area contributed by atoms with E-state index in [4.69, 9.17) is 52.4 Å². The van der Waals surface area contributed by atoms with Crippen molar-refractivity contribution < 1.29 is 108 Å². The Balaban J connectivity index is 0.000000137. The molecule has 0 aromatic heterocycles. The SMILES string of the molecule is C=C1CC[C@H]2[C@@](C)(CC[C@@]3(C)OS(=O)OC[C@@]23C)[C@@H]1C/C=C1/C(=O)OCC1Br.C=C1CC[C@H]2[C@@](C)(CC[C@@]3(C)OS(=O)OC[C@@]23C)[C@@H]1C/C=C1/C(=O)OCC1N(C=O)C=O.C=C1CC[C@H]2[C@@](C)(CC[C@@]3(C)OS(=O)OC[C@@]23C)[C@@H]1C/C=C1/C(=O)OCC1NC=O.C=C1CC[C@H]2[C@@](C)(CC[C@@]3(C)O[S@](=O)OC[C@@]23C)[C@@H]1C/C=C1/C(=O)OC[C@H]1O. The summed E-state index contributed by atoms with van der Waals surface area (Å²) in [6.07, 6.45) is 25.5. The predicted octanol–water partition coefficient (Wildman–Crippen LogP) is 12.8. The first-order valence-corrected chi connectivity index (χ1v) is 46.7. The van der Waals surface area contributed by atoms with Crippen LogP contribution in [0, 0.1) is 90.7 Å². The van der Waals surface area contributed by atoms with E-state index in [2.05, 4.69) is 130 Å². The van der Waals surface area contributed by atoms with E-state index in [9.17, 15) is 55.5 Å². The minimum Gasteiger partial charge on any atom is -0.461 e. The van der Waals surface area contributed by atoms with E-state index in [0.717, 1.165) is 125 Å². The van der Waals surface area contributed by atoms with Crippen molar-refractivity contribution in [2.24, 2.45) is 90.7 Å². The molecular weight excluding hydrogens is 1670 g/mol. The van der Waals surface area contributed by atoms with Crippen LogP contribution in [0.1, 0.15) is 212 Å². The molecule has 8 heterocycles. The maximum atomic E-state index is 12.3. The lowest BCUT2D eigenvalue weighted by atomic mass is 9.43. The summed E-state index contributed by atoms with van der Waals surface area (Å²) in [6.45, 7) is 46.1. The Hall–Kier alpha value is -4.87. The molecule has 6 unspecified atom stereocenters. The smallest absolute Gasteiger partial charge is 0.336 e. The fraction of sp³-hybridized carbons (Fsp3) is 0.736. The van der Waals surface area contributed by atoms with Gasteiger partial charge in [-0.15, -0.1) is 0 Å². The zero-order chi connectivity index (χ0) is 85.7. The number of aliphatic hydroxyl groups is 1. The topological polar surface area (TPSA) is 334 Å². The summed E-state index contributed by atoms with van der Waals surface area (Å²) in [5.41, 5.74) is 3.66. The number of hydrogen-bond donors (Lipinski definition) is 2. The number of carbonyl (C=O) groups excluding carboxylic acids is 7. The van der Waals surface area contributed by atoms with Crippen LogP contribution >= 0.6 is 15.9 Å². The molecule has 31 heteroatoms. The van der Waals surface area contributed by atoms with Crippen molar-refractivity contribution >= 4 is 104 Å². The van der Waals surface area contributed by atoms with Gasteiger partial charge in [0.1, 0.15) is 38.6 Å². The van der Waals surface area contributed by atoms with Gasteiger partial charge in [-0.3, -0.25) is 52.7 Å². The molecule has 8 aliphatic carbocycles. The standard InChI is InChI=1S/C23H31NO7S.C22H31NO6S.C21H29BrO5S.C21H30O6S/c1-15-5-8-19-21(2,9-10-23(4)22(19,3)12-30-32(28)31-23)17(15)7-6-16-18(11-29-20(16)27)24(13-25)14-26;1-14-5-8-18-20(2,9-10-22(4)21(18,3)12-28-30(26)29-22)16(14)7-6-15-17(23-13-24)11-27-19(15)25;2*1-13-5-8-17-19(2,15(13)7-6-14-16(22)11-25-18(14)23)9-10-21(4)20(17,3)12-26-28(24)27-21/h6,13-14,17-19H,1,5,7-12H2,2-4H3;6,13,16-18H,1,5,7-12H2,2-4H3,(H,23,24);6,15-17H,1,5,7-12H2,2-4H3;6,15-17,22H,1,5,7-12H2,2-4H3/b16-6+;15-6+;2*14-6+/t17-,18?,19+,21+,22+,23-,32?;16-,17?,18+,20+,21+,22-,30?;15-,16?,17+,19+,20+,21-,28?;15-,16-,17+,19+,20+,21-,28-/m1111/s1. The number of ether oxygens (including phenoxy) is 4. The molecule has 16 fully saturated rings. The van der Waals surface area contributed by atoms with Crippen LogP contribution in [0.5, 0.6) is 0 Å². The maximum absolute atomic E-state index is 12.3. The summed E-state index contributed by atoms with van der Waals surface area (Å²) in [7, 11) is 0. The highest BCUT2D eigenvalue weighted by molar-refractivity contribution is 9.09. The predicted molar refractivity (Wildman–Crippen MR) is 442 cm³/mol. The molecule has 0 aromatic rings. The largest absolute Gasteiger partial charge is 0.461 e. The van der Waals surface area contributed by atoms with Gasteiger partial charge in [0, 0.05) is 21.7 Å². The second-order valence-electron chi connectivity index (χ2n) is 39.0. The number of hydrogen-bond acceptors (Lipinski definition) is 24. The number of rotatable bonds is 13. The number of alkyl halides is 1. The number of carbonyl (C=O) groups is 7. The van der Waals surface area contributed by atoms with Crippen molar-refractivity contribution in [3.8, 4) is 0 Å². The van der Waals surface area contributed by atoms with Crippen LogP contribution in [0.3, 0.4) is 0 Å². The average Bonchev–Trinajstić information content (AvgIpc) is 0.984. The van der Waals surface area contributed by atoms with Crippen molar-refractivity contribution in [2.45, 2.75) is 257 Å². The quantitative estimate of drug-likeness (QED) is 0.0432. The highest BCUT2D eigenvalue weighted by atomic mass is 79.9. The summed E-state index contributed by atoms with van der Waals surface area (Å²) in [5.74, 6) is 0.575. The minimum absolute atomic E-state index is 0.0180. The number of fused-ring (bicyclic) bond motifs is 12. The number of cyclic esters (lactones) is 4. The molecule has 0 spiro atoms. The molecule has 8 aliphatic heterocycles. The Morgan fingerprint density at radius 1 is 0.415 bits per heavy atom. The van der Waals surface area contributed by atoms with Gasteiger partial charge < -0.3 is 29.4 Å². The number of imide groups is 1. The number of nitrogens with one attached hydrogen (secondary N) is 1. The Morgan fingerprint density at radius 3 is 1.02 bits per heavy atom. The van der Waals surface area contributed by atoms with Gasteiger partial charge in [0.25, 0.3) is 0 Å². The molecule has 28 atom stereocenters. The van der Waals surface area contributed by atoms with E-state index in [1.165, 1.54) is 16.7 Å². The average molecular weight is 1790 g/mol. The first kappa shape index (κ1) is 90.8. The normalized spacial score (nSPS) is 48.1. The molecule has 3 amide bonds.